The Morgan fingerprint density at radius 2 is 2.33 bits per heavy atom. The first-order valence-corrected chi connectivity index (χ1v) is 3.02. The largest absolute Gasteiger partial charge is 0.272 e. The van der Waals surface area contributed by atoms with Crippen LogP contribution >= 0.6 is 0 Å². The zero-order valence-electron chi connectivity index (χ0n) is 5.26. The van der Waals surface area contributed by atoms with Gasteiger partial charge in [0.2, 0.25) is 5.91 Å². The predicted octanol–water partition coefficient (Wildman–Crippen LogP) is 0.0739. The summed E-state index contributed by atoms with van der Waals surface area (Å²) in [6, 6.07) is 0. The van der Waals surface area contributed by atoms with Crippen LogP contribution in [0.3, 0.4) is 0 Å². The van der Waals surface area contributed by atoms with Crippen LogP contribution in [0.1, 0.15) is 19.8 Å². The second kappa shape index (κ2) is 2.17. The van der Waals surface area contributed by atoms with Crippen molar-refractivity contribution in [1.82, 2.24) is 5.32 Å². The molecule has 0 bridgehead atoms. The van der Waals surface area contributed by atoms with E-state index in [4.69, 9.17) is 0 Å². The van der Waals surface area contributed by atoms with Crippen molar-refractivity contribution < 1.29 is 9.59 Å². The third-order valence-corrected chi connectivity index (χ3v) is 1.50. The average molecular weight is 126 g/mol. The number of hydrogen-bond donors (Lipinski definition) is 0. The van der Waals surface area contributed by atoms with Crippen molar-refractivity contribution in [2.45, 2.75) is 19.8 Å². The van der Waals surface area contributed by atoms with Gasteiger partial charge in [0.05, 0.1) is 0 Å². The Balaban J connectivity index is 2.58. The van der Waals surface area contributed by atoms with E-state index in [0.29, 0.717) is 6.42 Å². The van der Waals surface area contributed by atoms with Gasteiger partial charge >= 0.3 is 0 Å². The fraction of sp³-hybridized carbons (Fsp3) is 0.667. The van der Waals surface area contributed by atoms with Gasteiger partial charge in [-0.2, -0.15) is 5.32 Å². The average Bonchev–Trinajstić information content (AvgIpc) is 2.10. The number of nitrogens with zero attached hydrogens (tertiary/aromatic N) is 1. The molecule has 0 aromatic carbocycles. The van der Waals surface area contributed by atoms with E-state index in [9.17, 15) is 9.59 Å². The molecular weight excluding hydrogens is 118 g/mol. The molecule has 1 aliphatic rings. The Labute approximate surface area is 53.4 Å². The van der Waals surface area contributed by atoms with Crippen molar-refractivity contribution in [3.8, 4) is 0 Å². The number of imide groups is 1. The van der Waals surface area contributed by atoms with Gasteiger partial charge in [-0.3, -0.25) is 9.59 Å². The van der Waals surface area contributed by atoms with Gasteiger partial charge < -0.3 is 0 Å². The van der Waals surface area contributed by atoms with Crippen LogP contribution in [-0.4, -0.2) is 11.8 Å². The maximum Gasteiger partial charge on any atom is 0.252 e. The van der Waals surface area contributed by atoms with Crippen LogP contribution in [0.15, 0.2) is 0 Å². The summed E-state index contributed by atoms with van der Waals surface area (Å²) in [6.07, 6.45) is 1.06. The molecule has 2 amide bonds. The number of carbonyl (C=O) groups is 2. The van der Waals surface area contributed by atoms with Crippen molar-refractivity contribution in [2.24, 2.45) is 5.92 Å². The molecule has 9 heavy (non-hydrogen) atoms. The second-order valence-electron chi connectivity index (χ2n) is 2.15. The SMILES string of the molecule is CCC1CC(=O)[N]C1=O. The van der Waals surface area contributed by atoms with Gasteiger partial charge in [-0.25, -0.2) is 0 Å². The van der Waals surface area contributed by atoms with E-state index in [2.05, 4.69) is 5.32 Å². The molecule has 0 N–H and O–H groups in total. The number of amides is 2. The van der Waals surface area contributed by atoms with Crippen molar-refractivity contribution in [1.29, 1.82) is 0 Å². The van der Waals surface area contributed by atoms with E-state index in [0.717, 1.165) is 6.42 Å². The van der Waals surface area contributed by atoms with E-state index in [1.807, 2.05) is 6.92 Å². The molecule has 0 saturated carbocycles. The van der Waals surface area contributed by atoms with Gasteiger partial charge in [-0.1, -0.05) is 6.92 Å². The Morgan fingerprint density at radius 1 is 1.67 bits per heavy atom. The first kappa shape index (κ1) is 6.26. The van der Waals surface area contributed by atoms with E-state index >= 15 is 0 Å². The molecule has 1 heterocycles. The highest BCUT2D eigenvalue weighted by Crippen LogP contribution is 2.14. The Hall–Kier alpha value is -0.860. The lowest BCUT2D eigenvalue weighted by atomic mass is 10.1. The summed E-state index contributed by atoms with van der Waals surface area (Å²) in [5.41, 5.74) is 0. The van der Waals surface area contributed by atoms with Crippen molar-refractivity contribution in [3.05, 3.63) is 0 Å². The summed E-state index contributed by atoms with van der Waals surface area (Å²) in [5, 5.41) is 3.26. The molecule has 3 nitrogen and oxygen atoms in total. The van der Waals surface area contributed by atoms with Gasteiger partial charge in [-0.15, -0.1) is 0 Å². The van der Waals surface area contributed by atoms with Gasteiger partial charge in [0.25, 0.3) is 5.91 Å². The Kier molecular flexibility index (Phi) is 1.51. The monoisotopic (exact) mass is 126 g/mol. The van der Waals surface area contributed by atoms with E-state index in [1.165, 1.54) is 0 Å². The van der Waals surface area contributed by atoms with E-state index < -0.39 is 0 Å². The molecule has 0 aromatic heterocycles. The topological polar surface area (TPSA) is 48.2 Å². The van der Waals surface area contributed by atoms with Crippen LogP contribution in [0.4, 0.5) is 0 Å². The van der Waals surface area contributed by atoms with Gasteiger partial charge in [-0.05, 0) is 6.42 Å². The normalized spacial score (nSPS) is 26.6. The summed E-state index contributed by atoms with van der Waals surface area (Å²) < 4.78 is 0. The molecule has 1 atom stereocenters. The van der Waals surface area contributed by atoms with Gasteiger partial charge in [0.1, 0.15) is 0 Å². The highest BCUT2D eigenvalue weighted by Gasteiger charge is 2.30. The molecule has 3 heteroatoms. The maximum atomic E-state index is 10.6. The van der Waals surface area contributed by atoms with E-state index in [1.54, 1.807) is 0 Å². The van der Waals surface area contributed by atoms with Crippen molar-refractivity contribution >= 4 is 11.8 Å². The third kappa shape index (κ3) is 1.09. The van der Waals surface area contributed by atoms with Gasteiger partial charge in [0.15, 0.2) is 0 Å². The molecular formula is C6H8NO2. The lowest BCUT2D eigenvalue weighted by Gasteiger charge is -1.94. The summed E-state index contributed by atoms with van der Waals surface area (Å²) in [6.45, 7) is 1.89. The van der Waals surface area contributed by atoms with Gasteiger partial charge in [0, 0.05) is 12.3 Å². The Bertz CT molecular complexity index is 153. The second-order valence-corrected chi connectivity index (χ2v) is 2.15. The minimum absolute atomic E-state index is 0.113. The molecule has 1 aliphatic heterocycles. The third-order valence-electron chi connectivity index (χ3n) is 1.50. The molecule has 1 fully saturated rings. The minimum Gasteiger partial charge on any atom is -0.272 e. The zero-order valence-corrected chi connectivity index (χ0v) is 5.26. The summed E-state index contributed by atoms with van der Waals surface area (Å²) in [4.78, 5) is 21.1. The maximum absolute atomic E-state index is 10.6. The number of rotatable bonds is 1. The standard InChI is InChI=1S/C6H8NO2/c1-2-4-3-5(8)7-6(4)9/h4H,2-3H2,1H3. The smallest absolute Gasteiger partial charge is 0.252 e. The first-order valence-electron chi connectivity index (χ1n) is 3.02. The predicted molar refractivity (Wildman–Crippen MR) is 30.5 cm³/mol. The summed E-state index contributed by atoms with van der Waals surface area (Å²) >= 11 is 0. The molecule has 1 saturated heterocycles. The van der Waals surface area contributed by atoms with Crippen LogP contribution in [0.5, 0.6) is 0 Å². The minimum atomic E-state index is -0.258. The molecule has 0 aromatic rings. The highest BCUT2D eigenvalue weighted by molar-refractivity contribution is 6.02. The number of hydrogen-bond acceptors (Lipinski definition) is 2. The molecule has 1 rings (SSSR count). The van der Waals surface area contributed by atoms with Crippen molar-refractivity contribution in [2.75, 3.05) is 0 Å². The summed E-state index contributed by atoms with van der Waals surface area (Å²) in [5.74, 6) is -0.605. The molecule has 49 valence electrons. The first-order chi connectivity index (χ1) is 4.24. The van der Waals surface area contributed by atoms with Crippen LogP contribution in [0, 0.1) is 5.92 Å². The molecule has 1 radical (unpaired) electrons. The lowest BCUT2D eigenvalue weighted by Crippen LogP contribution is -2.13. The fourth-order valence-corrected chi connectivity index (χ4v) is 0.877. The number of carbonyl (C=O) groups excluding carboxylic acids is 2. The molecule has 0 aliphatic carbocycles. The fourth-order valence-electron chi connectivity index (χ4n) is 0.877. The molecule has 1 unspecified atom stereocenters. The summed E-state index contributed by atoms with van der Waals surface area (Å²) in [7, 11) is 0. The Morgan fingerprint density at radius 3 is 2.56 bits per heavy atom. The van der Waals surface area contributed by atoms with Crippen LogP contribution in [0.2, 0.25) is 0 Å². The van der Waals surface area contributed by atoms with Crippen LogP contribution < -0.4 is 5.32 Å². The highest BCUT2D eigenvalue weighted by atomic mass is 16.2. The molecule has 0 spiro atoms. The van der Waals surface area contributed by atoms with E-state index in [-0.39, 0.29) is 17.7 Å². The van der Waals surface area contributed by atoms with Crippen LogP contribution in [-0.2, 0) is 9.59 Å². The lowest BCUT2D eigenvalue weighted by molar-refractivity contribution is -0.126. The quantitative estimate of drug-likeness (QED) is 0.467. The van der Waals surface area contributed by atoms with Crippen LogP contribution in [0.25, 0.3) is 0 Å². The zero-order chi connectivity index (χ0) is 6.85. The van der Waals surface area contributed by atoms with Crippen molar-refractivity contribution in [3.63, 3.8) is 0 Å².